The van der Waals surface area contributed by atoms with Crippen molar-refractivity contribution in [3.63, 3.8) is 0 Å². The molecule has 3 amide bonds. The van der Waals surface area contributed by atoms with Crippen LogP contribution in [0.5, 0.6) is 11.5 Å². The fraction of sp³-hybridized carbons (Fsp3) is 0.229. The van der Waals surface area contributed by atoms with E-state index in [1.807, 2.05) is 78.9 Å². The van der Waals surface area contributed by atoms with Crippen molar-refractivity contribution in [1.82, 2.24) is 4.90 Å². The van der Waals surface area contributed by atoms with Crippen molar-refractivity contribution in [2.75, 3.05) is 19.5 Å². The largest absolute Gasteiger partial charge is 0.497 e. The highest BCUT2D eigenvalue weighted by Gasteiger charge is 2.73. The molecule has 4 aromatic rings. The first-order chi connectivity index (χ1) is 21.2. The quantitative estimate of drug-likeness (QED) is 0.206. The number of amides is 3. The maximum Gasteiger partial charge on any atom is 0.248 e. The fourth-order valence-corrected chi connectivity index (χ4v) is 8.35. The van der Waals surface area contributed by atoms with E-state index in [1.165, 1.54) is 14.2 Å². The topological polar surface area (TPSA) is 84.9 Å². The van der Waals surface area contributed by atoms with Gasteiger partial charge in [-0.1, -0.05) is 78.9 Å². The standard InChI is InChI=1S/C35H28Cl2N2O5/c1-43-21-16-17-26(28(19-21)44-2)38-31(40)27(18-20-10-4-3-5-11-20)39-32(41)29-30(33(39)42)35(37)23-13-7-6-12-22(23)34(29,36)24-14-8-9-15-25(24)35/h3-17,19,27,29-30H,18H2,1-2H3,(H,38,40)/t27-,29-,30+,34?,35?/m1/s1. The summed E-state index contributed by atoms with van der Waals surface area (Å²) >= 11 is 15.2. The van der Waals surface area contributed by atoms with Crippen molar-refractivity contribution in [1.29, 1.82) is 0 Å². The second kappa shape index (κ2) is 10.4. The Morgan fingerprint density at radius 2 is 1.27 bits per heavy atom. The van der Waals surface area contributed by atoms with E-state index in [0.717, 1.165) is 10.5 Å². The van der Waals surface area contributed by atoms with Gasteiger partial charge in [0.2, 0.25) is 17.7 Å². The molecule has 4 aromatic carbocycles. The minimum atomic E-state index is -1.34. The van der Waals surface area contributed by atoms with Gasteiger partial charge >= 0.3 is 0 Å². The number of nitrogens with zero attached hydrogens (tertiary/aromatic N) is 1. The molecule has 3 aliphatic carbocycles. The van der Waals surface area contributed by atoms with Crippen LogP contribution in [0.15, 0.2) is 97.1 Å². The number of ether oxygens (including phenoxy) is 2. The van der Waals surface area contributed by atoms with Crippen molar-refractivity contribution in [3.05, 3.63) is 125 Å². The molecule has 0 unspecified atom stereocenters. The van der Waals surface area contributed by atoms with Crippen LogP contribution in [0.1, 0.15) is 27.8 Å². The summed E-state index contributed by atoms with van der Waals surface area (Å²) in [6.45, 7) is 0. The van der Waals surface area contributed by atoms with Crippen LogP contribution in [0.4, 0.5) is 5.69 Å². The number of hydrogen-bond acceptors (Lipinski definition) is 5. The number of alkyl halides is 2. The molecule has 222 valence electrons. The Bertz CT molecular complexity index is 1710. The number of hydrogen-bond donors (Lipinski definition) is 1. The zero-order valence-corrected chi connectivity index (χ0v) is 25.4. The summed E-state index contributed by atoms with van der Waals surface area (Å²) in [5.74, 6) is -2.71. The van der Waals surface area contributed by atoms with Crippen LogP contribution >= 0.6 is 23.2 Å². The summed E-state index contributed by atoms with van der Waals surface area (Å²) in [6, 6.07) is 28.0. The van der Waals surface area contributed by atoms with Crippen LogP contribution in [-0.2, 0) is 30.6 Å². The number of rotatable bonds is 7. The predicted molar refractivity (Wildman–Crippen MR) is 167 cm³/mol. The molecular weight excluding hydrogens is 599 g/mol. The normalized spacial score (nSPS) is 25.1. The van der Waals surface area contributed by atoms with Gasteiger partial charge in [-0.25, -0.2) is 0 Å². The van der Waals surface area contributed by atoms with E-state index < -0.39 is 45.3 Å². The molecule has 1 saturated heterocycles. The Balaban J connectivity index is 1.35. The van der Waals surface area contributed by atoms with Crippen LogP contribution in [0.25, 0.3) is 0 Å². The van der Waals surface area contributed by atoms with Gasteiger partial charge in [0.05, 0.1) is 31.7 Å². The van der Waals surface area contributed by atoms with Crippen LogP contribution in [0.3, 0.4) is 0 Å². The van der Waals surface area contributed by atoms with Gasteiger partial charge in [-0.05, 0) is 39.9 Å². The lowest BCUT2D eigenvalue weighted by Crippen LogP contribution is -2.57. The molecular formula is C35H28Cl2N2O5. The van der Waals surface area contributed by atoms with Gasteiger partial charge in [0.25, 0.3) is 0 Å². The van der Waals surface area contributed by atoms with Crippen molar-refractivity contribution in [3.8, 4) is 11.5 Å². The minimum absolute atomic E-state index is 0.0898. The highest BCUT2D eigenvalue weighted by Crippen LogP contribution is 2.69. The van der Waals surface area contributed by atoms with E-state index in [4.69, 9.17) is 32.7 Å². The van der Waals surface area contributed by atoms with Gasteiger partial charge < -0.3 is 14.8 Å². The van der Waals surface area contributed by atoms with Crippen molar-refractivity contribution < 1.29 is 23.9 Å². The Hall–Kier alpha value is -4.33. The lowest BCUT2D eigenvalue weighted by atomic mass is 9.54. The van der Waals surface area contributed by atoms with Crippen molar-refractivity contribution in [2.45, 2.75) is 22.2 Å². The smallest absolute Gasteiger partial charge is 0.248 e. The minimum Gasteiger partial charge on any atom is -0.497 e. The molecule has 4 aliphatic rings. The predicted octanol–water partition coefficient (Wildman–Crippen LogP) is 5.85. The zero-order chi connectivity index (χ0) is 30.8. The Morgan fingerprint density at radius 3 is 1.75 bits per heavy atom. The third kappa shape index (κ3) is 3.85. The van der Waals surface area contributed by atoms with E-state index in [0.29, 0.717) is 39.4 Å². The maximum atomic E-state index is 14.6. The highest BCUT2D eigenvalue weighted by molar-refractivity contribution is 6.36. The van der Waals surface area contributed by atoms with Crippen molar-refractivity contribution >= 4 is 46.6 Å². The molecule has 2 bridgehead atoms. The molecule has 1 heterocycles. The summed E-state index contributed by atoms with van der Waals surface area (Å²) in [5.41, 5.74) is 3.95. The van der Waals surface area contributed by atoms with Crippen LogP contribution in [-0.4, -0.2) is 42.9 Å². The molecule has 1 fully saturated rings. The zero-order valence-electron chi connectivity index (χ0n) is 23.9. The molecule has 0 radical (unpaired) electrons. The number of nitrogens with one attached hydrogen (secondary N) is 1. The second-order valence-corrected chi connectivity index (χ2v) is 12.5. The first kappa shape index (κ1) is 28.4. The number of carbonyl (C=O) groups is 3. The first-order valence-corrected chi connectivity index (χ1v) is 15.0. The molecule has 0 aromatic heterocycles. The summed E-state index contributed by atoms with van der Waals surface area (Å²) in [5, 5.41) is 2.89. The van der Waals surface area contributed by atoms with Crippen LogP contribution in [0.2, 0.25) is 0 Å². The van der Waals surface area contributed by atoms with Crippen LogP contribution in [0, 0.1) is 11.8 Å². The van der Waals surface area contributed by atoms with Gasteiger partial charge in [-0.15, -0.1) is 23.2 Å². The number of likely N-dealkylation sites (tertiary alicyclic amines) is 1. The molecule has 1 N–H and O–H groups in total. The fourth-order valence-electron chi connectivity index (χ4n) is 7.25. The summed E-state index contributed by atoms with van der Waals surface area (Å²) in [4.78, 5) is 41.9. The lowest BCUT2D eigenvalue weighted by molar-refractivity contribution is -0.146. The second-order valence-electron chi connectivity index (χ2n) is 11.3. The third-order valence-corrected chi connectivity index (χ3v) is 10.5. The number of imide groups is 1. The molecule has 1 aliphatic heterocycles. The number of benzene rings is 4. The average Bonchev–Trinajstić information content (AvgIpc) is 3.33. The molecule has 0 spiro atoms. The molecule has 0 saturated carbocycles. The summed E-state index contributed by atoms with van der Waals surface area (Å²) < 4.78 is 10.8. The van der Waals surface area contributed by atoms with E-state index >= 15 is 0 Å². The number of halogens is 2. The number of carbonyl (C=O) groups excluding carboxylic acids is 3. The molecule has 3 atom stereocenters. The van der Waals surface area contributed by atoms with E-state index in [2.05, 4.69) is 5.32 Å². The van der Waals surface area contributed by atoms with Gasteiger partial charge in [0, 0.05) is 12.5 Å². The summed E-state index contributed by atoms with van der Waals surface area (Å²) in [7, 11) is 3.01. The van der Waals surface area contributed by atoms with Crippen LogP contribution < -0.4 is 14.8 Å². The molecule has 8 rings (SSSR count). The number of methoxy groups -OCH3 is 2. The van der Waals surface area contributed by atoms with E-state index in [-0.39, 0.29) is 6.42 Å². The third-order valence-electron chi connectivity index (χ3n) is 9.17. The Kier molecular flexibility index (Phi) is 6.72. The SMILES string of the molecule is COc1ccc(NC(=O)[C@@H](Cc2ccccc2)N2C(=O)[C@@H]3[C@H](C2=O)C2(Cl)c4ccccc4C3(Cl)c3ccccc32)c(OC)c1. The Labute approximate surface area is 264 Å². The molecule has 9 heteroatoms. The van der Waals surface area contributed by atoms with Gasteiger partial charge in [0.15, 0.2) is 0 Å². The highest BCUT2D eigenvalue weighted by atomic mass is 35.5. The maximum absolute atomic E-state index is 14.6. The first-order valence-electron chi connectivity index (χ1n) is 14.3. The molecule has 44 heavy (non-hydrogen) atoms. The Morgan fingerprint density at radius 1 is 0.773 bits per heavy atom. The monoisotopic (exact) mass is 626 g/mol. The van der Waals surface area contributed by atoms with E-state index in [1.54, 1.807) is 18.2 Å². The van der Waals surface area contributed by atoms with Gasteiger partial charge in [0.1, 0.15) is 27.3 Å². The molecule has 7 nitrogen and oxygen atoms in total. The lowest BCUT2D eigenvalue weighted by Gasteiger charge is -2.54. The van der Waals surface area contributed by atoms with Gasteiger partial charge in [-0.2, -0.15) is 0 Å². The summed E-state index contributed by atoms with van der Waals surface area (Å²) in [6.07, 6.45) is 0.0898. The van der Waals surface area contributed by atoms with E-state index in [9.17, 15) is 14.4 Å². The van der Waals surface area contributed by atoms with Gasteiger partial charge in [-0.3, -0.25) is 19.3 Å². The average molecular weight is 628 g/mol. The van der Waals surface area contributed by atoms with Crippen molar-refractivity contribution in [2.24, 2.45) is 11.8 Å². The number of anilines is 1.